The summed E-state index contributed by atoms with van der Waals surface area (Å²) in [5.74, 6) is 0.690. The van der Waals surface area contributed by atoms with Crippen LogP contribution < -0.4 is 5.32 Å². The van der Waals surface area contributed by atoms with Crippen LogP contribution in [0, 0.1) is 0 Å². The van der Waals surface area contributed by atoms with E-state index in [1.54, 1.807) is 0 Å². The lowest BCUT2D eigenvalue weighted by Crippen LogP contribution is -1.99. The Bertz CT molecular complexity index is 3020. The zero-order chi connectivity index (χ0) is 36.0. The van der Waals surface area contributed by atoms with Crippen LogP contribution >= 0.6 is 0 Å². The van der Waals surface area contributed by atoms with Crippen molar-refractivity contribution in [1.82, 2.24) is 14.5 Å². The molecule has 0 aliphatic carbocycles. The summed E-state index contributed by atoms with van der Waals surface area (Å²) in [4.78, 5) is 10.4. The van der Waals surface area contributed by atoms with E-state index in [-0.39, 0.29) is 0 Å². The molecule has 0 saturated heterocycles. The van der Waals surface area contributed by atoms with Crippen molar-refractivity contribution in [2.24, 2.45) is 0 Å². The van der Waals surface area contributed by atoms with E-state index >= 15 is 0 Å². The minimum Gasteiger partial charge on any atom is -0.355 e. The number of hydrogen-bond acceptors (Lipinski definition) is 3. The fourth-order valence-corrected chi connectivity index (χ4v) is 7.89. The topological polar surface area (TPSA) is 42.7 Å². The highest BCUT2D eigenvalue weighted by molar-refractivity contribution is 6.13. The Kier molecular flexibility index (Phi) is 7.59. The molecule has 0 aliphatic heterocycles. The summed E-state index contributed by atoms with van der Waals surface area (Å²) in [6.07, 6.45) is 1.96. The average molecular weight is 691 g/mol. The third-order valence-corrected chi connectivity index (χ3v) is 10.4. The second-order valence-corrected chi connectivity index (χ2v) is 13.5. The number of anilines is 2. The van der Waals surface area contributed by atoms with Gasteiger partial charge in [-0.3, -0.25) is 0 Å². The van der Waals surface area contributed by atoms with Crippen LogP contribution in [0.15, 0.2) is 189 Å². The molecule has 10 rings (SSSR count). The van der Waals surface area contributed by atoms with Gasteiger partial charge < -0.3 is 9.88 Å². The first-order valence-corrected chi connectivity index (χ1v) is 18.2. The largest absolute Gasteiger partial charge is 0.355 e. The molecule has 4 heteroatoms. The third-order valence-electron chi connectivity index (χ3n) is 10.4. The highest BCUT2D eigenvalue weighted by Gasteiger charge is 2.19. The molecule has 54 heavy (non-hydrogen) atoms. The standard InChI is InChI=1S/C50H34N4/c1-2-37-46(51-35-17-7-4-8-18-35)32-31-43-41-21-12-14-24-47(41)54(49(37)43)36-27-25-34(26-28-36)50-52-45-23-13-11-22-44(45)48(53-50)42-30-29-38(33-15-5-3-6-16-33)39-19-9-10-20-40(39)42/h2-32,51H,1H2. The second kappa shape index (κ2) is 13.0. The van der Waals surface area contributed by atoms with E-state index in [0.717, 1.165) is 66.8 Å². The zero-order valence-electron chi connectivity index (χ0n) is 29.4. The highest BCUT2D eigenvalue weighted by atomic mass is 15.0. The van der Waals surface area contributed by atoms with Gasteiger partial charge in [0, 0.05) is 49.9 Å². The number of fused-ring (bicyclic) bond motifs is 5. The molecule has 0 spiro atoms. The van der Waals surface area contributed by atoms with Gasteiger partial charge in [0.15, 0.2) is 5.82 Å². The van der Waals surface area contributed by atoms with Gasteiger partial charge in [0.05, 0.1) is 22.2 Å². The first-order chi connectivity index (χ1) is 26.7. The van der Waals surface area contributed by atoms with Crippen LogP contribution in [0.25, 0.3) is 89.0 Å². The lowest BCUT2D eigenvalue weighted by molar-refractivity contribution is 1.17. The summed E-state index contributed by atoms with van der Waals surface area (Å²) in [5, 5.41) is 9.38. The van der Waals surface area contributed by atoms with E-state index in [2.05, 4.69) is 174 Å². The van der Waals surface area contributed by atoms with Crippen LogP contribution in [-0.2, 0) is 0 Å². The summed E-state index contributed by atoms with van der Waals surface area (Å²) < 4.78 is 2.34. The molecule has 254 valence electrons. The molecule has 0 bridgehead atoms. The van der Waals surface area contributed by atoms with Crippen molar-refractivity contribution in [3.05, 3.63) is 194 Å². The lowest BCUT2D eigenvalue weighted by Gasteiger charge is -2.15. The highest BCUT2D eigenvalue weighted by Crippen LogP contribution is 2.40. The molecule has 0 saturated carbocycles. The van der Waals surface area contributed by atoms with E-state index in [1.165, 1.54) is 27.3 Å². The van der Waals surface area contributed by atoms with Crippen LogP contribution in [-0.4, -0.2) is 14.5 Å². The molecule has 2 aromatic heterocycles. The van der Waals surface area contributed by atoms with Crippen molar-refractivity contribution >= 4 is 60.9 Å². The van der Waals surface area contributed by atoms with Gasteiger partial charge in [-0.25, -0.2) is 9.97 Å². The molecule has 1 N–H and O–H groups in total. The summed E-state index contributed by atoms with van der Waals surface area (Å²) in [7, 11) is 0. The zero-order valence-corrected chi connectivity index (χ0v) is 29.4. The lowest BCUT2D eigenvalue weighted by atomic mass is 9.93. The first-order valence-electron chi connectivity index (χ1n) is 18.2. The van der Waals surface area contributed by atoms with Gasteiger partial charge >= 0.3 is 0 Å². The summed E-state index contributed by atoms with van der Waals surface area (Å²) in [6, 6.07) is 63.8. The Morgan fingerprint density at radius 1 is 0.481 bits per heavy atom. The average Bonchev–Trinajstić information content (AvgIpc) is 3.58. The Labute approximate surface area is 313 Å². The molecule has 2 heterocycles. The van der Waals surface area contributed by atoms with Gasteiger partial charge in [-0.2, -0.15) is 0 Å². The summed E-state index contributed by atoms with van der Waals surface area (Å²) in [5.41, 5.74) is 12.6. The Balaban J connectivity index is 1.12. The molecule has 0 unspecified atom stereocenters. The van der Waals surface area contributed by atoms with Crippen LogP contribution in [0.1, 0.15) is 5.56 Å². The van der Waals surface area contributed by atoms with E-state index < -0.39 is 0 Å². The minimum atomic E-state index is 0.690. The molecular formula is C50H34N4. The maximum atomic E-state index is 5.33. The SMILES string of the molecule is C=Cc1c(Nc2ccccc2)ccc2c3ccccc3n(-c3ccc(-c4nc(-c5ccc(-c6ccccc6)c6ccccc56)c5ccccc5n4)cc3)c12. The van der Waals surface area contributed by atoms with E-state index in [1.807, 2.05) is 30.3 Å². The van der Waals surface area contributed by atoms with Crippen LogP contribution in [0.5, 0.6) is 0 Å². The van der Waals surface area contributed by atoms with Gasteiger partial charge in [-0.1, -0.05) is 140 Å². The molecule has 0 atom stereocenters. The van der Waals surface area contributed by atoms with Gasteiger partial charge in [-0.05, 0) is 76.5 Å². The smallest absolute Gasteiger partial charge is 0.160 e. The first kappa shape index (κ1) is 31.4. The molecule has 10 aromatic rings. The van der Waals surface area contributed by atoms with Gasteiger partial charge in [0.2, 0.25) is 0 Å². The fourth-order valence-electron chi connectivity index (χ4n) is 7.89. The maximum absolute atomic E-state index is 5.33. The van der Waals surface area contributed by atoms with Crippen LogP contribution in [0.3, 0.4) is 0 Å². The number of nitrogens with one attached hydrogen (secondary N) is 1. The molecule has 0 amide bonds. The number of nitrogens with zero attached hydrogens (tertiary/aromatic N) is 3. The maximum Gasteiger partial charge on any atom is 0.160 e. The molecule has 4 nitrogen and oxygen atoms in total. The van der Waals surface area contributed by atoms with E-state index in [4.69, 9.17) is 9.97 Å². The van der Waals surface area contributed by atoms with Gasteiger partial charge in [-0.15, -0.1) is 0 Å². The summed E-state index contributed by atoms with van der Waals surface area (Å²) in [6.45, 7) is 4.27. The van der Waals surface area contributed by atoms with Gasteiger partial charge in [0.1, 0.15) is 0 Å². The number of para-hydroxylation sites is 3. The third kappa shape index (κ3) is 5.23. The second-order valence-electron chi connectivity index (χ2n) is 13.5. The molecule has 0 radical (unpaired) electrons. The monoisotopic (exact) mass is 690 g/mol. The van der Waals surface area contributed by atoms with Gasteiger partial charge in [0.25, 0.3) is 0 Å². The van der Waals surface area contributed by atoms with Crippen molar-refractivity contribution in [2.75, 3.05) is 5.32 Å². The van der Waals surface area contributed by atoms with Crippen molar-refractivity contribution in [2.45, 2.75) is 0 Å². The van der Waals surface area contributed by atoms with E-state index in [0.29, 0.717) is 5.82 Å². The molecule has 0 fully saturated rings. The van der Waals surface area contributed by atoms with E-state index in [9.17, 15) is 0 Å². The molecule has 8 aromatic carbocycles. The Morgan fingerprint density at radius 3 is 1.87 bits per heavy atom. The quantitative estimate of drug-likeness (QED) is 0.181. The fraction of sp³-hybridized carbons (Fsp3) is 0. The van der Waals surface area contributed by atoms with Crippen molar-refractivity contribution in [1.29, 1.82) is 0 Å². The van der Waals surface area contributed by atoms with Crippen molar-refractivity contribution in [3.8, 4) is 39.5 Å². The van der Waals surface area contributed by atoms with Crippen molar-refractivity contribution < 1.29 is 0 Å². The molecule has 0 aliphatic rings. The minimum absolute atomic E-state index is 0.690. The van der Waals surface area contributed by atoms with Crippen LogP contribution in [0.2, 0.25) is 0 Å². The Morgan fingerprint density at radius 2 is 1.11 bits per heavy atom. The summed E-state index contributed by atoms with van der Waals surface area (Å²) >= 11 is 0. The molecular weight excluding hydrogens is 657 g/mol. The van der Waals surface area contributed by atoms with Crippen molar-refractivity contribution in [3.63, 3.8) is 0 Å². The predicted molar refractivity (Wildman–Crippen MR) is 228 cm³/mol. The number of aromatic nitrogens is 3. The Hall–Kier alpha value is -7.30. The predicted octanol–water partition coefficient (Wildman–Crippen LogP) is 13.3. The number of rotatable bonds is 7. The number of benzene rings is 8. The number of hydrogen-bond donors (Lipinski definition) is 1. The van der Waals surface area contributed by atoms with Crippen LogP contribution in [0.4, 0.5) is 11.4 Å². The normalized spacial score (nSPS) is 11.4.